The van der Waals surface area contributed by atoms with Crippen molar-refractivity contribution in [3.63, 3.8) is 0 Å². The van der Waals surface area contributed by atoms with Gasteiger partial charge in [0.25, 0.3) is 11.8 Å². The van der Waals surface area contributed by atoms with Gasteiger partial charge in [-0.1, -0.05) is 19.9 Å². The van der Waals surface area contributed by atoms with E-state index in [1.807, 2.05) is 12.1 Å². The van der Waals surface area contributed by atoms with Gasteiger partial charge in [0.15, 0.2) is 0 Å². The van der Waals surface area contributed by atoms with Crippen molar-refractivity contribution in [2.75, 3.05) is 5.32 Å². The van der Waals surface area contributed by atoms with Gasteiger partial charge >= 0.3 is 0 Å². The molecule has 0 radical (unpaired) electrons. The SMILES string of the molecule is CC1(C)CC(=O)n2c(c(-c3ccc(C(N)=O)c(NC4CCC(NC(=O)c5ccc[nH]5)CC4)c3)c3ccc(F)cc32)C1. The number of primary amides is 1. The molecule has 0 atom stereocenters. The zero-order valence-corrected chi connectivity index (χ0v) is 23.2. The van der Waals surface area contributed by atoms with Crippen LogP contribution in [0.1, 0.15) is 77.3 Å². The molecule has 1 fully saturated rings. The zero-order chi connectivity index (χ0) is 28.9. The Labute approximate surface area is 237 Å². The summed E-state index contributed by atoms with van der Waals surface area (Å²) in [5.41, 5.74) is 10.2. The molecule has 1 aliphatic carbocycles. The molecule has 4 aromatic rings. The van der Waals surface area contributed by atoms with Crippen LogP contribution in [0.5, 0.6) is 0 Å². The molecular formula is C32H34FN5O3. The zero-order valence-electron chi connectivity index (χ0n) is 23.2. The minimum atomic E-state index is -0.534. The number of fused-ring (bicyclic) bond motifs is 3. The highest BCUT2D eigenvalue weighted by Gasteiger charge is 2.35. The first-order chi connectivity index (χ1) is 19.6. The summed E-state index contributed by atoms with van der Waals surface area (Å²) >= 11 is 0. The van der Waals surface area contributed by atoms with Crippen molar-refractivity contribution in [3.05, 3.63) is 77.5 Å². The van der Waals surface area contributed by atoms with Gasteiger partial charge in [-0.3, -0.25) is 19.0 Å². The van der Waals surface area contributed by atoms with E-state index in [1.165, 1.54) is 12.1 Å². The van der Waals surface area contributed by atoms with E-state index >= 15 is 0 Å². The van der Waals surface area contributed by atoms with Gasteiger partial charge in [0.1, 0.15) is 11.5 Å². The van der Waals surface area contributed by atoms with Crippen molar-refractivity contribution in [3.8, 4) is 11.1 Å². The fraction of sp³-hybridized carbons (Fsp3) is 0.344. The van der Waals surface area contributed by atoms with Crippen LogP contribution in [0.25, 0.3) is 22.0 Å². The molecule has 2 amide bonds. The smallest absolute Gasteiger partial charge is 0.267 e. The molecular weight excluding hydrogens is 521 g/mol. The number of anilines is 1. The molecule has 2 aromatic heterocycles. The van der Waals surface area contributed by atoms with Crippen LogP contribution in [0.3, 0.4) is 0 Å². The van der Waals surface area contributed by atoms with Crippen LogP contribution < -0.4 is 16.4 Å². The summed E-state index contributed by atoms with van der Waals surface area (Å²) in [5.74, 6) is -1.09. The highest BCUT2D eigenvalue weighted by molar-refractivity contribution is 6.06. The first-order valence-electron chi connectivity index (χ1n) is 14.1. The van der Waals surface area contributed by atoms with Crippen molar-refractivity contribution in [1.29, 1.82) is 0 Å². The van der Waals surface area contributed by atoms with Crippen molar-refractivity contribution in [1.82, 2.24) is 14.9 Å². The molecule has 41 heavy (non-hydrogen) atoms. The van der Waals surface area contributed by atoms with Gasteiger partial charge in [-0.15, -0.1) is 0 Å². The van der Waals surface area contributed by atoms with E-state index in [-0.39, 0.29) is 29.3 Å². The van der Waals surface area contributed by atoms with Crippen LogP contribution in [0.2, 0.25) is 0 Å². The summed E-state index contributed by atoms with van der Waals surface area (Å²) in [5, 5.41) is 7.43. The standard InChI is InChI=1S/C32H34FN5O3/c1-32(2)16-27-29(23-12-6-19(33)15-26(23)38(27)28(39)17-32)18-5-11-22(30(34)40)25(14-18)36-20-7-9-21(10-8-20)37-31(41)24-4-3-13-35-24/h3-6,11-15,20-21,35-36H,7-10,16-17H2,1-2H3,(H2,34,40)(H,37,41). The number of amides is 2. The predicted molar refractivity (Wildman–Crippen MR) is 157 cm³/mol. The quantitative estimate of drug-likeness (QED) is 0.246. The van der Waals surface area contributed by atoms with Crippen molar-refractivity contribution in [2.45, 2.75) is 64.5 Å². The summed E-state index contributed by atoms with van der Waals surface area (Å²) in [4.78, 5) is 41.0. The topological polar surface area (TPSA) is 122 Å². The van der Waals surface area contributed by atoms with E-state index < -0.39 is 11.7 Å². The number of carbonyl (C=O) groups is 3. The summed E-state index contributed by atoms with van der Waals surface area (Å²) in [6, 6.07) is 13.8. The van der Waals surface area contributed by atoms with E-state index in [0.29, 0.717) is 35.3 Å². The van der Waals surface area contributed by atoms with E-state index in [0.717, 1.165) is 47.9 Å². The van der Waals surface area contributed by atoms with Gasteiger partial charge in [0.05, 0.1) is 11.1 Å². The molecule has 0 bridgehead atoms. The maximum Gasteiger partial charge on any atom is 0.267 e. The number of nitrogens with two attached hydrogens (primary N) is 1. The Hall–Kier alpha value is -4.40. The Morgan fingerprint density at radius 2 is 1.78 bits per heavy atom. The summed E-state index contributed by atoms with van der Waals surface area (Å²) in [6.45, 7) is 4.13. The second-order valence-electron chi connectivity index (χ2n) is 12.1. The average Bonchev–Trinajstić information content (AvgIpc) is 3.55. The lowest BCUT2D eigenvalue weighted by atomic mass is 9.80. The molecule has 5 N–H and O–H groups in total. The Morgan fingerprint density at radius 3 is 2.49 bits per heavy atom. The van der Waals surface area contributed by atoms with Gasteiger partial charge in [-0.25, -0.2) is 4.39 Å². The van der Waals surface area contributed by atoms with E-state index in [1.54, 1.807) is 35.0 Å². The number of benzene rings is 2. The van der Waals surface area contributed by atoms with Crippen LogP contribution in [0.15, 0.2) is 54.7 Å². The average molecular weight is 556 g/mol. The number of aromatic amines is 1. The van der Waals surface area contributed by atoms with Gasteiger partial charge in [-0.05, 0) is 85.5 Å². The fourth-order valence-electron chi connectivity index (χ4n) is 6.46. The largest absolute Gasteiger partial charge is 0.382 e. The fourth-order valence-corrected chi connectivity index (χ4v) is 6.46. The van der Waals surface area contributed by atoms with Gasteiger partial charge in [0, 0.05) is 47.0 Å². The maximum atomic E-state index is 14.3. The number of halogens is 1. The molecule has 0 saturated heterocycles. The van der Waals surface area contributed by atoms with Crippen LogP contribution in [-0.2, 0) is 6.42 Å². The summed E-state index contributed by atoms with van der Waals surface area (Å²) < 4.78 is 16.0. The first kappa shape index (κ1) is 26.8. The van der Waals surface area contributed by atoms with Gasteiger partial charge in [0.2, 0.25) is 5.91 Å². The third-order valence-electron chi connectivity index (χ3n) is 8.39. The van der Waals surface area contributed by atoms with E-state index in [4.69, 9.17) is 5.73 Å². The van der Waals surface area contributed by atoms with Crippen LogP contribution in [0, 0.1) is 11.2 Å². The maximum absolute atomic E-state index is 14.3. The number of H-pyrrole nitrogens is 1. The normalized spacial score (nSPS) is 20.0. The van der Waals surface area contributed by atoms with Gasteiger partial charge in [-0.2, -0.15) is 0 Å². The molecule has 0 spiro atoms. The number of nitrogens with one attached hydrogen (secondary N) is 3. The number of carbonyl (C=O) groups excluding carboxylic acids is 3. The molecule has 6 rings (SSSR count). The van der Waals surface area contributed by atoms with E-state index in [2.05, 4.69) is 29.5 Å². The molecule has 212 valence electrons. The molecule has 0 unspecified atom stereocenters. The molecule has 1 aliphatic heterocycles. The first-order valence-corrected chi connectivity index (χ1v) is 14.1. The third-order valence-corrected chi connectivity index (χ3v) is 8.39. The Balaban J connectivity index is 1.30. The number of aromatic nitrogens is 2. The number of nitrogens with zero attached hydrogens (tertiary/aromatic N) is 1. The third kappa shape index (κ3) is 5.12. The lowest BCUT2D eigenvalue weighted by molar-refractivity contribution is 0.0815. The minimum absolute atomic E-state index is 0.0506. The highest BCUT2D eigenvalue weighted by Crippen LogP contribution is 2.43. The lowest BCUT2D eigenvalue weighted by Gasteiger charge is -2.31. The molecule has 9 heteroatoms. The second-order valence-corrected chi connectivity index (χ2v) is 12.1. The minimum Gasteiger partial charge on any atom is -0.382 e. The molecule has 2 aliphatic rings. The monoisotopic (exact) mass is 555 g/mol. The van der Waals surface area contributed by atoms with E-state index in [9.17, 15) is 18.8 Å². The number of rotatable bonds is 6. The Morgan fingerprint density at radius 1 is 1.02 bits per heavy atom. The molecule has 8 nitrogen and oxygen atoms in total. The van der Waals surface area contributed by atoms with Crippen LogP contribution in [-0.4, -0.2) is 39.4 Å². The van der Waals surface area contributed by atoms with Crippen LogP contribution >= 0.6 is 0 Å². The Bertz CT molecular complexity index is 1660. The van der Waals surface area contributed by atoms with Gasteiger partial charge < -0.3 is 21.4 Å². The van der Waals surface area contributed by atoms with Crippen LogP contribution in [0.4, 0.5) is 10.1 Å². The molecule has 2 aromatic carbocycles. The van der Waals surface area contributed by atoms with Crippen molar-refractivity contribution in [2.24, 2.45) is 11.1 Å². The van der Waals surface area contributed by atoms with Crippen molar-refractivity contribution >= 4 is 34.3 Å². The molecule has 1 saturated carbocycles. The lowest BCUT2D eigenvalue weighted by Crippen LogP contribution is -2.40. The Kier molecular flexibility index (Phi) is 6.68. The second kappa shape index (κ2) is 10.2. The summed E-state index contributed by atoms with van der Waals surface area (Å²) in [6.07, 6.45) is 5.98. The predicted octanol–water partition coefficient (Wildman–Crippen LogP) is 5.64. The number of hydrogen-bond donors (Lipinski definition) is 4. The number of hydrogen-bond acceptors (Lipinski definition) is 4. The summed E-state index contributed by atoms with van der Waals surface area (Å²) in [7, 11) is 0. The molecule has 3 heterocycles. The van der Waals surface area contributed by atoms with Crippen molar-refractivity contribution < 1.29 is 18.8 Å². The highest BCUT2D eigenvalue weighted by atomic mass is 19.1.